The molecule has 0 fully saturated rings. The topological polar surface area (TPSA) is 48.4 Å². The zero-order valence-electron chi connectivity index (χ0n) is 16.6. The van der Waals surface area contributed by atoms with Gasteiger partial charge in [-0.2, -0.15) is 0 Å². The molecule has 1 aromatic heterocycles. The number of pyridine rings is 1. The Hall–Kier alpha value is -3.66. The summed E-state index contributed by atoms with van der Waals surface area (Å²) in [5.41, 5.74) is 4.93. The van der Waals surface area contributed by atoms with E-state index in [0.29, 0.717) is 17.0 Å². The van der Waals surface area contributed by atoms with Crippen molar-refractivity contribution >= 4 is 16.9 Å². The highest BCUT2D eigenvalue weighted by Crippen LogP contribution is 2.30. The molecule has 0 aliphatic heterocycles. The minimum atomic E-state index is -0.405. The summed E-state index contributed by atoms with van der Waals surface area (Å²) in [4.78, 5) is 17.9. The van der Waals surface area contributed by atoms with Crippen LogP contribution in [0.5, 0.6) is 11.5 Å². The van der Waals surface area contributed by atoms with Crippen LogP contribution in [0.2, 0.25) is 0 Å². The number of hydrogen-bond acceptors (Lipinski definition) is 4. The summed E-state index contributed by atoms with van der Waals surface area (Å²) in [7, 11) is 1.63. The largest absolute Gasteiger partial charge is 0.497 e. The number of carbonyl (C=O) groups excluding carboxylic acids is 1. The molecule has 0 saturated heterocycles. The molecule has 4 rings (SSSR count). The highest BCUT2D eigenvalue weighted by atomic mass is 16.5. The number of esters is 1. The fourth-order valence-electron chi connectivity index (χ4n) is 3.43. The number of benzene rings is 3. The molecule has 0 spiro atoms. The molecule has 0 aliphatic rings. The Bertz CT molecular complexity index is 1200. The molecule has 0 aliphatic carbocycles. The molecule has 0 saturated carbocycles. The van der Waals surface area contributed by atoms with E-state index in [2.05, 4.69) is 6.07 Å². The molecule has 4 heteroatoms. The zero-order valence-corrected chi connectivity index (χ0v) is 16.6. The highest BCUT2D eigenvalue weighted by molar-refractivity contribution is 6.06. The molecule has 4 aromatic rings. The Morgan fingerprint density at radius 3 is 2.38 bits per heavy atom. The minimum Gasteiger partial charge on any atom is -0.497 e. The second-order valence-electron chi connectivity index (χ2n) is 6.97. The van der Waals surface area contributed by atoms with Crippen LogP contribution in [0, 0.1) is 13.8 Å². The van der Waals surface area contributed by atoms with Crippen molar-refractivity contribution in [3.8, 4) is 22.8 Å². The summed E-state index contributed by atoms with van der Waals surface area (Å²) >= 11 is 0. The molecule has 4 nitrogen and oxygen atoms in total. The number of para-hydroxylation sites is 1. The summed E-state index contributed by atoms with van der Waals surface area (Å²) in [6.07, 6.45) is 0. The molecule has 0 radical (unpaired) electrons. The Labute approximate surface area is 169 Å². The van der Waals surface area contributed by atoms with E-state index in [1.807, 2.05) is 62.4 Å². The molecule has 0 bridgehead atoms. The van der Waals surface area contributed by atoms with Crippen LogP contribution in [0.3, 0.4) is 0 Å². The third-order valence-electron chi connectivity index (χ3n) is 4.79. The van der Waals surface area contributed by atoms with Crippen LogP contribution in [0.25, 0.3) is 22.2 Å². The van der Waals surface area contributed by atoms with Crippen molar-refractivity contribution in [2.75, 3.05) is 7.11 Å². The van der Waals surface area contributed by atoms with Gasteiger partial charge in [0.2, 0.25) is 0 Å². The lowest BCUT2D eigenvalue weighted by Gasteiger charge is -2.13. The number of carbonyl (C=O) groups is 1. The van der Waals surface area contributed by atoms with E-state index < -0.39 is 5.97 Å². The number of rotatable bonds is 4. The van der Waals surface area contributed by atoms with Crippen LogP contribution in [-0.4, -0.2) is 18.1 Å². The predicted molar refractivity (Wildman–Crippen MR) is 115 cm³/mol. The van der Waals surface area contributed by atoms with E-state index in [1.54, 1.807) is 25.3 Å². The molecular formula is C25H21NO3. The Morgan fingerprint density at radius 1 is 0.862 bits per heavy atom. The summed E-state index contributed by atoms with van der Waals surface area (Å²) in [6.45, 7) is 4.01. The molecule has 0 unspecified atom stereocenters. The number of fused-ring (bicyclic) bond motifs is 1. The summed E-state index contributed by atoms with van der Waals surface area (Å²) in [6, 6.07) is 22.6. The molecule has 0 N–H and O–H groups in total. The number of aromatic nitrogens is 1. The van der Waals surface area contributed by atoms with Crippen molar-refractivity contribution in [2.45, 2.75) is 13.8 Å². The van der Waals surface area contributed by atoms with Crippen LogP contribution in [0.4, 0.5) is 0 Å². The predicted octanol–water partition coefficient (Wildman–Crippen LogP) is 5.75. The number of ether oxygens (including phenoxy) is 2. The first-order valence-corrected chi connectivity index (χ1v) is 9.39. The first-order valence-electron chi connectivity index (χ1n) is 9.39. The van der Waals surface area contributed by atoms with Gasteiger partial charge in [0, 0.05) is 10.9 Å². The van der Waals surface area contributed by atoms with Gasteiger partial charge >= 0.3 is 5.97 Å². The van der Waals surface area contributed by atoms with Crippen molar-refractivity contribution in [3.05, 3.63) is 89.5 Å². The van der Waals surface area contributed by atoms with E-state index in [4.69, 9.17) is 14.5 Å². The van der Waals surface area contributed by atoms with Gasteiger partial charge in [0.25, 0.3) is 0 Å². The van der Waals surface area contributed by atoms with Gasteiger partial charge in [0.05, 0.1) is 23.9 Å². The molecule has 29 heavy (non-hydrogen) atoms. The van der Waals surface area contributed by atoms with Crippen molar-refractivity contribution < 1.29 is 14.3 Å². The third kappa shape index (κ3) is 3.83. The fraction of sp³-hybridized carbons (Fsp3) is 0.120. The molecule has 3 aromatic carbocycles. The zero-order chi connectivity index (χ0) is 20.4. The van der Waals surface area contributed by atoms with Crippen LogP contribution >= 0.6 is 0 Å². The monoisotopic (exact) mass is 383 g/mol. The smallest absolute Gasteiger partial charge is 0.344 e. The maximum Gasteiger partial charge on any atom is 0.344 e. The average Bonchev–Trinajstić information content (AvgIpc) is 2.74. The van der Waals surface area contributed by atoms with Gasteiger partial charge in [0.1, 0.15) is 11.5 Å². The Kier molecular flexibility index (Phi) is 5.00. The van der Waals surface area contributed by atoms with Gasteiger partial charge in [-0.3, -0.25) is 0 Å². The lowest BCUT2D eigenvalue weighted by molar-refractivity contribution is 0.0737. The quantitative estimate of drug-likeness (QED) is 0.333. The average molecular weight is 383 g/mol. The van der Waals surface area contributed by atoms with Crippen molar-refractivity contribution in [2.24, 2.45) is 0 Å². The molecular weight excluding hydrogens is 362 g/mol. The first-order chi connectivity index (χ1) is 14.0. The number of nitrogens with zero attached hydrogens (tertiary/aromatic N) is 1. The van der Waals surface area contributed by atoms with Crippen LogP contribution in [0.1, 0.15) is 21.5 Å². The van der Waals surface area contributed by atoms with Crippen molar-refractivity contribution in [3.63, 3.8) is 0 Å². The van der Waals surface area contributed by atoms with E-state index in [9.17, 15) is 4.79 Å². The van der Waals surface area contributed by atoms with Crippen molar-refractivity contribution in [1.82, 2.24) is 4.98 Å². The van der Waals surface area contributed by atoms with Gasteiger partial charge in [-0.15, -0.1) is 0 Å². The van der Waals surface area contributed by atoms with Crippen LogP contribution in [-0.2, 0) is 0 Å². The number of hydrogen-bond donors (Lipinski definition) is 0. The SMILES string of the molecule is COc1cccc(-c2cc(C(=O)Oc3ccccc3)c3cc(C)cc(C)c3n2)c1. The van der Waals surface area contributed by atoms with Crippen LogP contribution < -0.4 is 9.47 Å². The van der Waals surface area contributed by atoms with Gasteiger partial charge in [0.15, 0.2) is 0 Å². The van der Waals surface area contributed by atoms with Gasteiger partial charge in [-0.1, -0.05) is 42.0 Å². The third-order valence-corrected chi connectivity index (χ3v) is 4.79. The second kappa shape index (κ2) is 7.76. The maximum atomic E-state index is 13.1. The highest BCUT2D eigenvalue weighted by Gasteiger charge is 2.18. The van der Waals surface area contributed by atoms with Crippen LogP contribution in [0.15, 0.2) is 72.8 Å². The van der Waals surface area contributed by atoms with Gasteiger partial charge in [-0.25, -0.2) is 9.78 Å². The Morgan fingerprint density at radius 2 is 1.62 bits per heavy atom. The first kappa shape index (κ1) is 18.7. The summed E-state index contributed by atoms with van der Waals surface area (Å²) < 4.78 is 11.0. The molecule has 0 atom stereocenters. The lowest BCUT2D eigenvalue weighted by atomic mass is 9.99. The lowest BCUT2D eigenvalue weighted by Crippen LogP contribution is -2.10. The van der Waals surface area contributed by atoms with E-state index in [0.717, 1.165) is 33.3 Å². The molecule has 144 valence electrons. The summed E-state index contributed by atoms with van der Waals surface area (Å²) in [5, 5.41) is 0.787. The minimum absolute atomic E-state index is 0.405. The maximum absolute atomic E-state index is 13.1. The number of methoxy groups -OCH3 is 1. The van der Waals surface area contributed by atoms with Gasteiger partial charge in [-0.05, 0) is 55.8 Å². The number of aryl methyl sites for hydroxylation is 2. The van der Waals surface area contributed by atoms with E-state index in [-0.39, 0.29) is 0 Å². The van der Waals surface area contributed by atoms with E-state index in [1.165, 1.54) is 0 Å². The Balaban J connectivity index is 1.90. The van der Waals surface area contributed by atoms with E-state index >= 15 is 0 Å². The standard InChI is InChI=1S/C25H21NO3/c1-16-12-17(2)24-21(13-16)22(25(27)29-19-9-5-4-6-10-19)15-23(26-24)18-8-7-11-20(14-18)28-3/h4-15H,1-3H3. The van der Waals surface area contributed by atoms with Crippen molar-refractivity contribution in [1.29, 1.82) is 0 Å². The molecule has 0 amide bonds. The second-order valence-corrected chi connectivity index (χ2v) is 6.97. The normalized spacial score (nSPS) is 10.7. The van der Waals surface area contributed by atoms with Gasteiger partial charge < -0.3 is 9.47 Å². The fourth-order valence-corrected chi connectivity index (χ4v) is 3.43. The summed E-state index contributed by atoms with van der Waals surface area (Å²) in [5.74, 6) is 0.839. The molecule has 1 heterocycles.